The Morgan fingerprint density at radius 3 is 2.89 bits per heavy atom. The van der Waals surface area contributed by atoms with Crippen LogP contribution >= 0.6 is 0 Å². The highest BCUT2D eigenvalue weighted by Crippen LogP contribution is 2.10. The minimum absolute atomic E-state index is 0.0379. The van der Waals surface area contributed by atoms with E-state index in [0.29, 0.717) is 18.5 Å². The molecule has 0 aliphatic heterocycles. The zero-order valence-corrected chi connectivity index (χ0v) is 10.9. The number of nitrogens with one attached hydrogen (secondary N) is 1. The molecule has 0 aromatic heterocycles. The maximum Gasteiger partial charge on any atom is 0.252 e. The van der Waals surface area contributed by atoms with Crippen LogP contribution in [0.3, 0.4) is 0 Å². The van der Waals surface area contributed by atoms with Crippen molar-refractivity contribution in [2.24, 2.45) is 0 Å². The van der Waals surface area contributed by atoms with Gasteiger partial charge in [0.25, 0.3) is 5.91 Å². The van der Waals surface area contributed by atoms with Gasteiger partial charge in [-0.1, -0.05) is 24.8 Å². The molecule has 0 aliphatic rings. The van der Waals surface area contributed by atoms with Gasteiger partial charge in [0.15, 0.2) is 0 Å². The number of aliphatic hydroxyl groups excluding tert-OH is 1. The maximum absolute atomic E-state index is 11.9. The second kappa shape index (κ2) is 7.52. The lowest BCUT2D eigenvalue weighted by molar-refractivity contribution is 0.0953. The second-order valence-corrected chi connectivity index (χ2v) is 4.08. The number of benzene rings is 1. The van der Waals surface area contributed by atoms with Crippen molar-refractivity contribution in [3.05, 3.63) is 34.9 Å². The molecular weight excluding hydrogens is 226 g/mol. The predicted octanol–water partition coefficient (Wildman–Crippen LogP) is 1.87. The van der Waals surface area contributed by atoms with Crippen molar-refractivity contribution in [1.29, 1.82) is 0 Å². The predicted molar refractivity (Wildman–Crippen MR) is 72.4 cm³/mol. The molecule has 0 atom stereocenters. The smallest absolute Gasteiger partial charge is 0.252 e. The molecule has 3 heteroatoms. The number of carbonyl (C=O) groups is 1. The Morgan fingerprint density at radius 2 is 2.22 bits per heavy atom. The number of aryl methyl sites for hydroxylation is 1. The molecule has 1 aromatic rings. The molecule has 0 saturated carbocycles. The summed E-state index contributed by atoms with van der Waals surface area (Å²) in [4.78, 5) is 11.9. The highest BCUT2D eigenvalue weighted by Gasteiger charge is 2.09. The number of hydrogen-bond acceptors (Lipinski definition) is 2. The molecule has 0 bridgehead atoms. The van der Waals surface area contributed by atoms with Gasteiger partial charge in [-0.2, -0.15) is 0 Å². The van der Waals surface area contributed by atoms with Gasteiger partial charge in [0, 0.05) is 18.5 Å². The Kier molecular flexibility index (Phi) is 5.96. The van der Waals surface area contributed by atoms with Crippen molar-refractivity contribution in [2.75, 3.05) is 13.2 Å². The minimum Gasteiger partial charge on any atom is -0.395 e. The lowest BCUT2D eigenvalue weighted by Gasteiger charge is -2.06. The molecule has 0 unspecified atom stereocenters. The fourth-order valence-corrected chi connectivity index (χ4v) is 1.51. The van der Waals surface area contributed by atoms with Crippen LogP contribution in [0.5, 0.6) is 0 Å². The normalized spacial score (nSPS) is 9.50. The van der Waals surface area contributed by atoms with E-state index in [1.54, 1.807) is 6.07 Å². The van der Waals surface area contributed by atoms with E-state index < -0.39 is 0 Å². The summed E-state index contributed by atoms with van der Waals surface area (Å²) in [5.74, 6) is 5.70. The van der Waals surface area contributed by atoms with Gasteiger partial charge in [-0.3, -0.25) is 4.79 Å². The first-order valence-electron chi connectivity index (χ1n) is 6.17. The van der Waals surface area contributed by atoms with E-state index in [2.05, 4.69) is 17.2 Å². The first-order valence-corrected chi connectivity index (χ1v) is 6.17. The fourth-order valence-electron chi connectivity index (χ4n) is 1.51. The summed E-state index contributed by atoms with van der Waals surface area (Å²) < 4.78 is 0. The van der Waals surface area contributed by atoms with Gasteiger partial charge in [0.05, 0.1) is 12.2 Å². The maximum atomic E-state index is 11.9. The molecule has 0 radical (unpaired) electrons. The quantitative estimate of drug-likeness (QED) is 0.796. The highest BCUT2D eigenvalue weighted by atomic mass is 16.2. The monoisotopic (exact) mass is 245 g/mol. The number of rotatable bonds is 4. The van der Waals surface area contributed by atoms with Gasteiger partial charge in [-0.15, -0.1) is 0 Å². The lowest BCUT2D eigenvalue weighted by Crippen LogP contribution is -2.24. The molecule has 18 heavy (non-hydrogen) atoms. The first kappa shape index (κ1) is 14.3. The van der Waals surface area contributed by atoms with E-state index in [1.165, 1.54) is 0 Å². The summed E-state index contributed by atoms with van der Waals surface area (Å²) in [5, 5.41) is 11.6. The van der Waals surface area contributed by atoms with E-state index in [-0.39, 0.29) is 12.5 Å². The van der Waals surface area contributed by atoms with Gasteiger partial charge in [-0.05, 0) is 31.0 Å². The van der Waals surface area contributed by atoms with Crippen molar-refractivity contribution in [1.82, 2.24) is 5.32 Å². The van der Waals surface area contributed by atoms with Crippen LogP contribution in [0.15, 0.2) is 18.2 Å². The molecular formula is C15H19NO2. The summed E-state index contributed by atoms with van der Waals surface area (Å²) in [5.41, 5.74) is 2.38. The first-order chi connectivity index (χ1) is 8.69. The lowest BCUT2D eigenvalue weighted by atomic mass is 10.0. The molecule has 3 nitrogen and oxygen atoms in total. The van der Waals surface area contributed by atoms with Gasteiger partial charge in [0.2, 0.25) is 0 Å². The van der Waals surface area contributed by atoms with E-state index in [1.807, 2.05) is 26.0 Å². The van der Waals surface area contributed by atoms with Crippen molar-refractivity contribution in [2.45, 2.75) is 26.7 Å². The van der Waals surface area contributed by atoms with Gasteiger partial charge in [-0.25, -0.2) is 0 Å². The Morgan fingerprint density at radius 1 is 1.44 bits per heavy atom. The van der Waals surface area contributed by atoms with Crippen molar-refractivity contribution < 1.29 is 9.90 Å². The standard InChI is InChI=1S/C15H19NO2/c1-3-9-16-15(18)14-8-7-12(2)11-13(14)6-4-5-10-17/h7-8,11,17H,3,5,9-10H2,1-2H3,(H,16,18). The second-order valence-electron chi connectivity index (χ2n) is 4.08. The summed E-state index contributed by atoms with van der Waals surface area (Å²) in [6.07, 6.45) is 1.33. The topological polar surface area (TPSA) is 49.3 Å². The third-order valence-corrected chi connectivity index (χ3v) is 2.42. The summed E-state index contributed by atoms with van der Waals surface area (Å²) in [6.45, 7) is 4.68. The zero-order chi connectivity index (χ0) is 13.4. The largest absolute Gasteiger partial charge is 0.395 e. The third-order valence-electron chi connectivity index (χ3n) is 2.42. The Hall–Kier alpha value is -1.79. The van der Waals surface area contributed by atoms with E-state index in [0.717, 1.165) is 17.5 Å². The minimum atomic E-state index is -0.0925. The number of hydrogen-bond donors (Lipinski definition) is 2. The molecule has 0 saturated heterocycles. The van der Waals surface area contributed by atoms with Crippen molar-refractivity contribution in [3.8, 4) is 11.8 Å². The molecule has 0 heterocycles. The average Bonchev–Trinajstić information content (AvgIpc) is 2.36. The zero-order valence-electron chi connectivity index (χ0n) is 10.9. The molecule has 2 N–H and O–H groups in total. The molecule has 96 valence electrons. The highest BCUT2D eigenvalue weighted by molar-refractivity contribution is 5.96. The molecule has 1 aromatic carbocycles. The number of amides is 1. The van der Waals surface area contributed by atoms with Gasteiger partial charge < -0.3 is 10.4 Å². The van der Waals surface area contributed by atoms with Crippen LogP contribution in [0.4, 0.5) is 0 Å². The summed E-state index contributed by atoms with van der Waals surface area (Å²) >= 11 is 0. The van der Waals surface area contributed by atoms with Crippen LogP contribution in [0.2, 0.25) is 0 Å². The van der Waals surface area contributed by atoms with Gasteiger partial charge >= 0.3 is 0 Å². The number of aliphatic hydroxyl groups is 1. The van der Waals surface area contributed by atoms with E-state index in [4.69, 9.17) is 5.11 Å². The van der Waals surface area contributed by atoms with E-state index >= 15 is 0 Å². The van der Waals surface area contributed by atoms with Crippen LogP contribution in [-0.2, 0) is 0 Å². The van der Waals surface area contributed by atoms with Crippen LogP contribution in [0.25, 0.3) is 0 Å². The summed E-state index contributed by atoms with van der Waals surface area (Å²) in [6, 6.07) is 5.59. The molecule has 0 aliphatic carbocycles. The third kappa shape index (κ3) is 4.23. The van der Waals surface area contributed by atoms with Crippen LogP contribution < -0.4 is 5.32 Å². The SMILES string of the molecule is CCCNC(=O)c1ccc(C)cc1C#CCCO. The van der Waals surface area contributed by atoms with Crippen LogP contribution in [0.1, 0.15) is 41.3 Å². The Balaban J connectivity index is 2.96. The van der Waals surface area contributed by atoms with Crippen molar-refractivity contribution in [3.63, 3.8) is 0 Å². The van der Waals surface area contributed by atoms with E-state index in [9.17, 15) is 4.79 Å². The van der Waals surface area contributed by atoms with Gasteiger partial charge in [0.1, 0.15) is 0 Å². The van der Waals surface area contributed by atoms with Crippen molar-refractivity contribution >= 4 is 5.91 Å². The summed E-state index contributed by atoms with van der Waals surface area (Å²) in [7, 11) is 0. The van der Waals surface area contributed by atoms with Crippen LogP contribution in [-0.4, -0.2) is 24.2 Å². The Labute approximate surface area is 108 Å². The average molecular weight is 245 g/mol. The molecule has 0 spiro atoms. The molecule has 1 amide bonds. The number of carbonyl (C=O) groups excluding carboxylic acids is 1. The Bertz CT molecular complexity index is 469. The molecule has 1 rings (SSSR count). The fraction of sp³-hybridized carbons (Fsp3) is 0.400. The van der Waals surface area contributed by atoms with Crippen LogP contribution in [0, 0.1) is 18.8 Å². The molecule has 0 fully saturated rings.